The molecule has 82 valence electrons. The van der Waals surface area contributed by atoms with Crippen LogP contribution >= 0.6 is 11.8 Å². The Kier molecular flexibility index (Phi) is 3.57. The molecule has 7 heteroatoms. The molecule has 0 bridgehead atoms. The molecule has 15 heavy (non-hydrogen) atoms. The minimum absolute atomic E-state index is 0.0412. The van der Waals surface area contributed by atoms with E-state index in [1.165, 1.54) is 6.33 Å². The Morgan fingerprint density at radius 3 is 3.40 bits per heavy atom. The first-order chi connectivity index (χ1) is 7.36. The fourth-order valence-electron chi connectivity index (χ4n) is 1.29. The maximum Gasteiger partial charge on any atom is 0.238 e. The molecule has 1 aromatic heterocycles. The highest BCUT2D eigenvalue weighted by Crippen LogP contribution is 2.09. The number of nitrogens with zero attached hydrogens (tertiary/aromatic N) is 2. The van der Waals surface area contributed by atoms with Crippen LogP contribution in [0.3, 0.4) is 0 Å². The topological polar surface area (TPSA) is 80.1 Å². The van der Waals surface area contributed by atoms with E-state index in [9.17, 15) is 4.79 Å². The van der Waals surface area contributed by atoms with Crippen LogP contribution in [0.15, 0.2) is 10.9 Å². The first-order valence-electron chi connectivity index (χ1n) is 4.70. The fourth-order valence-corrected chi connectivity index (χ4v) is 2.23. The minimum Gasteiger partial charge on any atom is -0.354 e. The molecule has 2 heterocycles. The van der Waals surface area contributed by atoms with Crippen molar-refractivity contribution in [1.29, 1.82) is 0 Å². The van der Waals surface area contributed by atoms with Crippen molar-refractivity contribution in [2.24, 2.45) is 0 Å². The molecule has 0 radical (unpaired) electrons. The van der Waals surface area contributed by atoms with E-state index < -0.39 is 0 Å². The van der Waals surface area contributed by atoms with Gasteiger partial charge in [0.05, 0.1) is 6.04 Å². The van der Waals surface area contributed by atoms with Crippen LogP contribution in [0.1, 0.15) is 5.89 Å². The molecule has 0 aliphatic carbocycles. The zero-order chi connectivity index (χ0) is 10.5. The van der Waals surface area contributed by atoms with Crippen LogP contribution in [0.2, 0.25) is 0 Å². The number of nitrogens with one attached hydrogen (secondary N) is 2. The number of aromatic nitrogens is 2. The van der Waals surface area contributed by atoms with E-state index in [-0.39, 0.29) is 11.9 Å². The van der Waals surface area contributed by atoms with E-state index in [2.05, 4.69) is 20.8 Å². The summed E-state index contributed by atoms with van der Waals surface area (Å²) in [4.78, 5) is 15.4. The lowest BCUT2D eigenvalue weighted by atomic mass is 10.3. The van der Waals surface area contributed by atoms with Crippen LogP contribution in [0.5, 0.6) is 0 Å². The molecule has 1 unspecified atom stereocenters. The van der Waals surface area contributed by atoms with Gasteiger partial charge in [0.25, 0.3) is 0 Å². The van der Waals surface area contributed by atoms with Gasteiger partial charge in [0.2, 0.25) is 11.8 Å². The molecular formula is C8H12N4O2S. The monoisotopic (exact) mass is 228 g/mol. The summed E-state index contributed by atoms with van der Waals surface area (Å²) in [6, 6.07) is -0.0577. The summed E-state index contributed by atoms with van der Waals surface area (Å²) in [5.74, 6) is 2.28. The van der Waals surface area contributed by atoms with Crippen molar-refractivity contribution < 1.29 is 9.32 Å². The van der Waals surface area contributed by atoms with Crippen LogP contribution in [0.25, 0.3) is 0 Å². The Morgan fingerprint density at radius 1 is 1.80 bits per heavy atom. The van der Waals surface area contributed by atoms with E-state index in [1.54, 1.807) is 11.8 Å². The molecule has 2 rings (SSSR count). The Labute approximate surface area is 91.2 Å². The summed E-state index contributed by atoms with van der Waals surface area (Å²) >= 11 is 1.73. The van der Waals surface area contributed by atoms with Crippen molar-refractivity contribution >= 4 is 17.7 Å². The van der Waals surface area contributed by atoms with Gasteiger partial charge in [-0.25, -0.2) is 0 Å². The smallest absolute Gasteiger partial charge is 0.238 e. The SMILES string of the molecule is O=C(NCCc1ncno1)C1CSCN1. The second-order valence-electron chi connectivity index (χ2n) is 3.15. The zero-order valence-electron chi connectivity index (χ0n) is 8.10. The van der Waals surface area contributed by atoms with E-state index >= 15 is 0 Å². The van der Waals surface area contributed by atoms with Crippen molar-refractivity contribution in [3.8, 4) is 0 Å². The van der Waals surface area contributed by atoms with Crippen LogP contribution < -0.4 is 10.6 Å². The lowest BCUT2D eigenvalue weighted by Gasteiger charge is -2.08. The summed E-state index contributed by atoms with van der Waals surface area (Å²) in [6.07, 6.45) is 1.93. The predicted molar refractivity (Wildman–Crippen MR) is 55.3 cm³/mol. The Morgan fingerprint density at radius 2 is 2.73 bits per heavy atom. The highest BCUT2D eigenvalue weighted by Gasteiger charge is 2.21. The molecule has 0 aromatic carbocycles. The molecule has 0 saturated carbocycles. The predicted octanol–water partition coefficient (Wildman–Crippen LogP) is -0.609. The number of thioether (sulfide) groups is 1. The van der Waals surface area contributed by atoms with E-state index in [4.69, 9.17) is 4.52 Å². The number of hydrogen-bond donors (Lipinski definition) is 2. The van der Waals surface area contributed by atoms with Gasteiger partial charge in [-0.15, -0.1) is 11.8 Å². The van der Waals surface area contributed by atoms with Crippen molar-refractivity contribution in [2.75, 3.05) is 18.2 Å². The van der Waals surface area contributed by atoms with Gasteiger partial charge in [0.1, 0.15) is 0 Å². The summed E-state index contributed by atoms with van der Waals surface area (Å²) < 4.78 is 4.81. The maximum atomic E-state index is 11.5. The van der Waals surface area contributed by atoms with Gasteiger partial charge in [0.15, 0.2) is 6.33 Å². The number of carbonyl (C=O) groups excluding carboxylic acids is 1. The quantitative estimate of drug-likeness (QED) is 0.715. The molecule has 1 atom stereocenters. The van der Waals surface area contributed by atoms with Crippen molar-refractivity contribution in [2.45, 2.75) is 12.5 Å². The van der Waals surface area contributed by atoms with E-state index in [0.717, 1.165) is 11.6 Å². The fraction of sp³-hybridized carbons (Fsp3) is 0.625. The Balaban J connectivity index is 1.67. The van der Waals surface area contributed by atoms with E-state index in [0.29, 0.717) is 18.9 Å². The standard InChI is InChI=1S/C8H12N4O2S/c13-8(6-3-15-5-11-6)9-2-1-7-10-4-12-14-7/h4,6,11H,1-3,5H2,(H,9,13). The first-order valence-corrected chi connectivity index (χ1v) is 5.86. The van der Waals surface area contributed by atoms with Crippen LogP contribution in [0.4, 0.5) is 0 Å². The number of carbonyl (C=O) groups is 1. The van der Waals surface area contributed by atoms with Crippen LogP contribution in [-0.4, -0.2) is 40.3 Å². The van der Waals surface area contributed by atoms with Gasteiger partial charge in [0, 0.05) is 24.6 Å². The van der Waals surface area contributed by atoms with Gasteiger partial charge < -0.3 is 9.84 Å². The highest BCUT2D eigenvalue weighted by atomic mass is 32.2. The molecule has 1 amide bonds. The van der Waals surface area contributed by atoms with Crippen molar-refractivity contribution in [1.82, 2.24) is 20.8 Å². The molecule has 1 aliphatic heterocycles. The normalized spacial score (nSPS) is 20.4. The zero-order valence-corrected chi connectivity index (χ0v) is 8.92. The third kappa shape index (κ3) is 2.93. The second kappa shape index (κ2) is 5.13. The molecule has 1 aromatic rings. The van der Waals surface area contributed by atoms with Gasteiger partial charge in [-0.2, -0.15) is 4.98 Å². The first kappa shape index (κ1) is 10.4. The Bertz CT molecular complexity index is 310. The highest BCUT2D eigenvalue weighted by molar-refractivity contribution is 7.99. The summed E-state index contributed by atoms with van der Waals surface area (Å²) in [7, 11) is 0. The lowest BCUT2D eigenvalue weighted by Crippen LogP contribution is -2.42. The average Bonchev–Trinajstić information content (AvgIpc) is 2.90. The van der Waals surface area contributed by atoms with Gasteiger partial charge in [-0.3, -0.25) is 10.1 Å². The third-order valence-electron chi connectivity index (χ3n) is 2.08. The lowest BCUT2D eigenvalue weighted by molar-refractivity contribution is -0.122. The minimum atomic E-state index is -0.0577. The molecular weight excluding hydrogens is 216 g/mol. The summed E-state index contributed by atoms with van der Waals surface area (Å²) in [6.45, 7) is 0.532. The number of rotatable bonds is 4. The number of amides is 1. The average molecular weight is 228 g/mol. The summed E-state index contributed by atoms with van der Waals surface area (Å²) in [5.41, 5.74) is 0. The molecule has 6 nitrogen and oxygen atoms in total. The third-order valence-corrected chi connectivity index (χ3v) is 3.02. The summed E-state index contributed by atoms with van der Waals surface area (Å²) in [5, 5.41) is 9.40. The molecule has 1 aliphatic rings. The van der Waals surface area contributed by atoms with Gasteiger partial charge in [-0.05, 0) is 0 Å². The maximum absolute atomic E-state index is 11.5. The molecule has 1 fully saturated rings. The molecule has 0 spiro atoms. The van der Waals surface area contributed by atoms with Gasteiger partial charge >= 0.3 is 0 Å². The van der Waals surface area contributed by atoms with Gasteiger partial charge in [-0.1, -0.05) is 5.16 Å². The van der Waals surface area contributed by atoms with Crippen LogP contribution in [-0.2, 0) is 11.2 Å². The molecule has 2 N–H and O–H groups in total. The van der Waals surface area contributed by atoms with Crippen molar-refractivity contribution in [3.63, 3.8) is 0 Å². The largest absolute Gasteiger partial charge is 0.354 e. The number of hydrogen-bond acceptors (Lipinski definition) is 6. The van der Waals surface area contributed by atoms with E-state index in [1.807, 2.05) is 0 Å². The Hall–Kier alpha value is -1.08. The second-order valence-corrected chi connectivity index (χ2v) is 4.18. The molecule has 1 saturated heterocycles. The van der Waals surface area contributed by atoms with Crippen LogP contribution in [0, 0.1) is 0 Å². The van der Waals surface area contributed by atoms with Crippen molar-refractivity contribution in [3.05, 3.63) is 12.2 Å².